The average Bonchev–Trinajstić information content (AvgIpc) is 3.52. The average molecular weight is 491 g/mol. The van der Waals surface area contributed by atoms with Crippen LogP contribution < -0.4 is 15.6 Å². The van der Waals surface area contributed by atoms with E-state index >= 15 is 0 Å². The molecule has 0 bridgehead atoms. The molecule has 2 heterocycles. The second-order valence-corrected chi connectivity index (χ2v) is 10.3. The molecule has 10 heteroatoms. The number of benzene rings is 3. The highest BCUT2D eigenvalue weighted by Crippen LogP contribution is 2.27. The van der Waals surface area contributed by atoms with Gasteiger partial charge < -0.3 is 4.98 Å². The zero-order valence-electron chi connectivity index (χ0n) is 17.5. The minimum absolute atomic E-state index is 0.0676. The highest BCUT2D eigenvalue weighted by Gasteiger charge is 2.21. The van der Waals surface area contributed by atoms with Crippen LogP contribution in [0.15, 0.2) is 88.6 Å². The quantitative estimate of drug-likeness (QED) is 0.275. The van der Waals surface area contributed by atoms with Crippen molar-refractivity contribution in [3.8, 4) is 0 Å². The Kier molecular flexibility index (Phi) is 5.52. The number of fused-ring (bicyclic) bond motifs is 2. The lowest BCUT2D eigenvalue weighted by Gasteiger charge is -2.14. The lowest BCUT2D eigenvalue weighted by molar-refractivity contribution is 0.0848. The van der Waals surface area contributed by atoms with Crippen LogP contribution in [0, 0.1) is 0 Å². The molecule has 8 nitrogen and oxygen atoms in total. The Labute approximate surface area is 198 Å². The summed E-state index contributed by atoms with van der Waals surface area (Å²) in [6, 6.07) is 20.9. The Bertz CT molecular complexity index is 1640. The molecule has 5 rings (SSSR count). The molecule has 0 aliphatic heterocycles. The molecular formula is C24H18N4O4S2. The standard InChI is InChI=1S/C24H18N4O4S2/c29-23(26-27-24(30)19-14-25-20-9-4-3-8-17(19)20)18-12-15-6-1-2-7-16(15)13-21(18)28-34(31,32)22-10-5-11-33-22/h1-14,25,28H,(H,26,29)(H,27,30). The molecule has 5 aromatic rings. The van der Waals surface area contributed by atoms with Crippen molar-refractivity contribution in [1.82, 2.24) is 15.8 Å². The number of nitrogens with one attached hydrogen (secondary N) is 4. The number of rotatable bonds is 5. The van der Waals surface area contributed by atoms with Gasteiger partial charge in [0.05, 0.1) is 16.8 Å². The first kappa shape index (κ1) is 21.7. The normalized spacial score (nSPS) is 11.4. The van der Waals surface area contributed by atoms with Gasteiger partial charge >= 0.3 is 0 Å². The number of para-hydroxylation sites is 1. The molecule has 2 amide bonds. The number of sulfonamides is 1. The molecule has 0 unspecified atom stereocenters. The summed E-state index contributed by atoms with van der Waals surface area (Å²) in [4.78, 5) is 28.7. The first-order chi connectivity index (χ1) is 16.4. The molecule has 0 fully saturated rings. The smallest absolute Gasteiger partial charge is 0.271 e. The summed E-state index contributed by atoms with van der Waals surface area (Å²) >= 11 is 1.07. The van der Waals surface area contributed by atoms with Gasteiger partial charge in [0.1, 0.15) is 4.21 Å². The number of hydrogen-bond acceptors (Lipinski definition) is 5. The number of hydrazine groups is 1. The number of aromatic amines is 1. The van der Waals surface area contributed by atoms with Crippen LogP contribution in [-0.4, -0.2) is 25.2 Å². The van der Waals surface area contributed by atoms with Gasteiger partial charge in [-0.05, 0) is 40.4 Å². The van der Waals surface area contributed by atoms with Crippen molar-refractivity contribution in [1.29, 1.82) is 0 Å². The number of anilines is 1. The van der Waals surface area contributed by atoms with Gasteiger partial charge in [-0.1, -0.05) is 48.5 Å². The van der Waals surface area contributed by atoms with E-state index in [2.05, 4.69) is 20.6 Å². The maximum Gasteiger partial charge on any atom is 0.271 e. The third-order valence-corrected chi connectivity index (χ3v) is 8.02. The fourth-order valence-corrected chi connectivity index (χ4v) is 5.70. The van der Waals surface area contributed by atoms with Gasteiger partial charge in [-0.25, -0.2) is 8.42 Å². The molecule has 4 N–H and O–H groups in total. The molecule has 0 aliphatic carbocycles. The van der Waals surface area contributed by atoms with Gasteiger partial charge in [-0.2, -0.15) is 0 Å². The van der Waals surface area contributed by atoms with E-state index in [-0.39, 0.29) is 15.5 Å². The van der Waals surface area contributed by atoms with E-state index in [4.69, 9.17) is 0 Å². The minimum atomic E-state index is -3.89. The van der Waals surface area contributed by atoms with Gasteiger partial charge in [0, 0.05) is 17.1 Å². The Hall–Kier alpha value is -4.15. The van der Waals surface area contributed by atoms with Crippen LogP contribution >= 0.6 is 11.3 Å². The van der Waals surface area contributed by atoms with Crippen molar-refractivity contribution in [3.63, 3.8) is 0 Å². The second-order valence-electron chi connectivity index (χ2n) is 7.44. The molecule has 2 aromatic heterocycles. The Morgan fingerprint density at radius 1 is 0.794 bits per heavy atom. The van der Waals surface area contributed by atoms with Gasteiger partial charge in [0.15, 0.2) is 0 Å². The van der Waals surface area contributed by atoms with Crippen molar-refractivity contribution >= 4 is 60.5 Å². The number of H-pyrrole nitrogens is 1. The molecule has 170 valence electrons. The fraction of sp³-hybridized carbons (Fsp3) is 0. The topological polar surface area (TPSA) is 120 Å². The molecule has 0 spiro atoms. The van der Waals surface area contributed by atoms with Crippen molar-refractivity contribution in [2.24, 2.45) is 0 Å². The number of aromatic nitrogens is 1. The van der Waals surface area contributed by atoms with Crippen molar-refractivity contribution in [2.45, 2.75) is 4.21 Å². The van der Waals surface area contributed by atoms with Crippen LogP contribution in [0.5, 0.6) is 0 Å². The monoisotopic (exact) mass is 490 g/mol. The van der Waals surface area contributed by atoms with Crippen LogP contribution in [0.3, 0.4) is 0 Å². The zero-order valence-corrected chi connectivity index (χ0v) is 19.2. The van der Waals surface area contributed by atoms with Crippen LogP contribution in [0.1, 0.15) is 20.7 Å². The van der Waals surface area contributed by atoms with Crippen LogP contribution in [0.25, 0.3) is 21.7 Å². The number of thiophene rings is 1. The molecule has 0 radical (unpaired) electrons. The molecule has 0 aliphatic rings. The number of carbonyl (C=O) groups is 2. The largest absolute Gasteiger partial charge is 0.360 e. The summed E-state index contributed by atoms with van der Waals surface area (Å²) in [7, 11) is -3.89. The second kappa shape index (κ2) is 8.65. The molecule has 0 saturated carbocycles. The van der Waals surface area contributed by atoms with Crippen LogP contribution in [-0.2, 0) is 10.0 Å². The van der Waals surface area contributed by atoms with E-state index in [0.29, 0.717) is 10.9 Å². The van der Waals surface area contributed by atoms with Crippen molar-refractivity contribution < 1.29 is 18.0 Å². The zero-order chi connectivity index (χ0) is 23.7. The Morgan fingerprint density at radius 3 is 2.21 bits per heavy atom. The van der Waals surface area contributed by atoms with Gasteiger partial charge in [0.25, 0.3) is 21.8 Å². The molecular weight excluding hydrogens is 472 g/mol. The van der Waals surface area contributed by atoms with Gasteiger partial charge in [-0.3, -0.25) is 25.2 Å². The Morgan fingerprint density at radius 2 is 1.47 bits per heavy atom. The third-order valence-electron chi connectivity index (χ3n) is 5.26. The van der Waals surface area contributed by atoms with E-state index in [1.165, 1.54) is 6.07 Å². The summed E-state index contributed by atoms with van der Waals surface area (Å²) in [6.07, 6.45) is 1.56. The van der Waals surface area contributed by atoms with Crippen molar-refractivity contribution in [3.05, 3.63) is 95.5 Å². The third kappa shape index (κ3) is 4.12. The maximum absolute atomic E-state index is 13.1. The summed E-state index contributed by atoms with van der Waals surface area (Å²) in [5, 5.41) is 3.87. The maximum atomic E-state index is 13.1. The SMILES string of the molecule is O=C(NNC(=O)c1c[nH]c2ccccc12)c1cc2ccccc2cc1NS(=O)(=O)c1cccs1. The molecule has 0 saturated heterocycles. The summed E-state index contributed by atoms with van der Waals surface area (Å²) in [6.45, 7) is 0. The molecule has 34 heavy (non-hydrogen) atoms. The molecule has 0 atom stereocenters. The van der Waals surface area contributed by atoms with Gasteiger partial charge in [0.2, 0.25) is 0 Å². The predicted octanol–water partition coefficient (Wildman–Crippen LogP) is 4.26. The highest BCUT2D eigenvalue weighted by molar-refractivity contribution is 7.94. The van der Waals surface area contributed by atoms with E-state index in [1.807, 2.05) is 42.5 Å². The fourth-order valence-electron chi connectivity index (χ4n) is 3.63. The number of hydrogen-bond donors (Lipinski definition) is 4. The van der Waals surface area contributed by atoms with Crippen LogP contribution in [0.2, 0.25) is 0 Å². The van der Waals surface area contributed by atoms with Crippen LogP contribution in [0.4, 0.5) is 5.69 Å². The minimum Gasteiger partial charge on any atom is -0.360 e. The van der Waals surface area contributed by atoms with Crippen molar-refractivity contribution in [2.75, 3.05) is 4.72 Å². The Balaban J connectivity index is 1.44. The highest BCUT2D eigenvalue weighted by atomic mass is 32.2. The predicted molar refractivity (Wildman–Crippen MR) is 132 cm³/mol. The lowest BCUT2D eigenvalue weighted by Crippen LogP contribution is -2.41. The number of amides is 2. The molecule has 3 aromatic carbocycles. The van der Waals surface area contributed by atoms with E-state index < -0.39 is 21.8 Å². The van der Waals surface area contributed by atoms with E-state index in [1.54, 1.807) is 35.8 Å². The lowest BCUT2D eigenvalue weighted by atomic mass is 10.0. The van der Waals surface area contributed by atoms with E-state index in [0.717, 1.165) is 27.6 Å². The summed E-state index contributed by atoms with van der Waals surface area (Å²) in [5.41, 5.74) is 6.13. The number of carbonyl (C=O) groups excluding carboxylic acids is 2. The summed E-state index contributed by atoms with van der Waals surface area (Å²) < 4.78 is 28.3. The summed E-state index contributed by atoms with van der Waals surface area (Å²) in [5.74, 6) is -1.17. The van der Waals surface area contributed by atoms with E-state index in [9.17, 15) is 18.0 Å². The first-order valence-electron chi connectivity index (χ1n) is 10.2. The first-order valence-corrected chi connectivity index (χ1v) is 12.5. The van der Waals surface area contributed by atoms with Gasteiger partial charge in [-0.15, -0.1) is 11.3 Å².